The first kappa shape index (κ1) is 36.0. The van der Waals surface area contributed by atoms with Crippen molar-refractivity contribution in [2.75, 3.05) is 4.90 Å². The summed E-state index contributed by atoms with van der Waals surface area (Å²) in [6, 6.07) is 64.1. The summed E-state index contributed by atoms with van der Waals surface area (Å²) in [6.07, 6.45) is 2.37. The largest absolute Gasteiger partial charge is 0.310 e. The Hall–Kier alpha value is -5.66. The molecule has 2 aliphatic carbocycles. The predicted octanol–water partition coefficient (Wildman–Crippen LogP) is 14.8. The quantitative estimate of drug-likeness (QED) is 0.165. The van der Waals surface area contributed by atoms with E-state index in [2.05, 4.69) is 223 Å². The third-order valence-corrected chi connectivity index (χ3v) is 13.0. The summed E-state index contributed by atoms with van der Waals surface area (Å²) in [5, 5.41) is 0. The number of rotatable bonds is 6. The smallest absolute Gasteiger partial charge is 0.0714 e. The van der Waals surface area contributed by atoms with Crippen molar-refractivity contribution in [2.24, 2.45) is 0 Å². The highest BCUT2D eigenvalue weighted by molar-refractivity contribution is 5.96. The van der Waals surface area contributed by atoms with Gasteiger partial charge in [-0.2, -0.15) is 0 Å². The van der Waals surface area contributed by atoms with Crippen LogP contribution in [0.2, 0.25) is 0 Å². The number of para-hydroxylation sites is 1. The van der Waals surface area contributed by atoms with Gasteiger partial charge in [-0.3, -0.25) is 0 Å². The fraction of sp³-hybridized carbons (Fsp3) is 0.236. The minimum atomic E-state index is -0.512. The highest BCUT2D eigenvalue weighted by Gasteiger charge is 2.47. The summed E-state index contributed by atoms with van der Waals surface area (Å²) in [5.74, 6) is 0. The molecule has 0 saturated carbocycles. The molecule has 56 heavy (non-hydrogen) atoms. The van der Waals surface area contributed by atoms with Gasteiger partial charge in [-0.05, 0) is 121 Å². The highest BCUT2D eigenvalue weighted by Crippen LogP contribution is 2.59. The standard InChI is InChI=1S/C55H53N/c1-52(2,3)39-28-30-43(31-29-39)56(42-23-15-10-16-24-42)51-37-49-46(36-45(51)38-27-32-48-50(35-38)54(6,7)34-33-53(48,4)5)44-25-17-18-26-47(44)55(49,40-19-11-8-12-20-40)41-21-13-9-14-22-41/h8-32,35-37H,33-34H2,1-7H3. The van der Waals surface area contributed by atoms with E-state index >= 15 is 0 Å². The second-order valence-corrected chi connectivity index (χ2v) is 18.4. The van der Waals surface area contributed by atoms with Crippen molar-refractivity contribution in [3.8, 4) is 22.3 Å². The van der Waals surface area contributed by atoms with Crippen LogP contribution in [0, 0.1) is 0 Å². The fourth-order valence-electron chi connectivity index (χ4n) is 9.76. The van der Waals surface area contributed by atoms with E-state index in [1.165, 1.54) is 79.7 Å². The van der Waals surface area contributed by atoms with Gasteiger partial charge in [-0.25, -0.2) is 0 Å². The van der Waals surface area contributed by atoms with Crippen LogP contribution in [0.25, 0.3) is 22.3 Å². The molecule has 0 saturated heterocycles. The lowest BCUT2D eigenvalue weighted by molar-refractivity contribution is 0.332. The molecule has 2 aliphatic rings. The molecule has 0 amide bonds. The lowest BCUT2D eigenvalue weighted by Crippen LogP contribution is -2.33. The third kappa shape index (κ3) is 5.74. The van der Waals surface area contributed by atoms with E-state index in [1.54, 1.807) is 0 Å². The molecule has 0 aliphatic heterocycles. The van der Waals surface area contributed by atoms with Crippen molar-refractivity contribution >= 4 is 17.1 Å². The summed E-state index contributed by atoms with van der Waals surface area (Å²) in [4.78, 5) is 2.50. The van der Waals surface area contributed by atoms with Gasteiger partial charge in [0.1, 0.15) is 0 Å². The molecule has 9 rings (SSSR count). The first-order valence-electron chi connectivity index (χ1n) is 20.4. The van der Waals surface area contributed by atoms with Crippen molar-refractivity contribution in [3.63, 3.8) is 0 Å². The zero-order valence-corrected chi connectivity index (χ0v) is 34.0. The van der Waals surface area contributed by atoms with Crippen LogP contribution in [0.5, 0.6) is 0 Å². The molecule has 0 unspecified atom stereocenters. The second-order valence-electron chi connectivity index (χ2n) is 18.4. The van der Waals surface area contributed by atoms with Crippen molar-refractivity contribution in [1.82, 2.24) is 0 Å². The zero-order chi connectivity index (χ0) is 38.9. The minimum Gasteiger partial charge on any atom is -0.310 e. The summed E-state index contributed by atoms with van der Waals surface area (Å²) < 4.78 is 0. The Bertz CT molecular complexity index is 2490. The second kappa shape index (κ2) is 13.2. The molecule has 0 atom stereocenters. The van der Waals surface area contributed by atoms with Gasteiger partial charge in [0.2, 0.25) is 0 Å². The molecule has 0 heterocycles. The van der Waals surface area contributed by atoms with E-state index in [1.807, 2.05) is 0 Å². The van der Waals surface area contributed by atoms with Crippen LogP contribution < -0.4 is 4.90 Å². The molecule has 0 radical (unpaired) electrons. The average molecular weight is 728 g/mol. The van der Waals surface area contributed by atoms with Gasteiger partial charge >= 0.3 is 0 Å². The Kier molecular flexibility index (Phi) is 8.51. The lowest BCUT2D eigenvalue weighted by Gasteiger charge is -2.42. The van der Waals surface area contributed by atoms with Gasteiger partial charge in [0.25, 0.3) is 0 Å². The SMILES string of the molecule is CC(C)(C)c1ccc(N(c2ccccc2)c2cc3c(cc2-c2ccc4c(c2)C(C)(C)CCC4(C)C)-c2ccccc2C3(c2ccccc2)c2ccccc2)cc1. The van der Waals surface area contributed by atoms with Crippen LogP contribution >= 0.6 is 0 Å². The zero-order valence-electron chi connectivity index (χ0n) is 34.0. The maximum absolute atomic E-state index is 2.55. The topological polar surface area (TPSA) is 3.24 Å². The maximum Gasteiger partial charge on any atom is 0.0714 e. The van der Waals surface area contributed by atoms with Crippen LogP contribution in [0.1, 0.15) is 100 Å². The summed E-state index contributed by atoms with van der Waals surface area (Å²) >= 11 is 0. The fourth-order valence-corrected chi connectivity index (χ4v) is 9.76. The molecule has 1 nitrogen and oxygen atoms in total. The molecular formula is C55H53N. The normalized spacial score (nSPS) is 16.1. The maximum atomic E-state index is 2.55. The first-order chi connectivity index (χ1) is 26.9. The number of fused-ring (bicyclic) bond motifs is 4. The van der Waals surface area contributed by atoms with Crippen LogP contribution in [0.15, 0.2) is 170 Å². The van der Waals surface area contributed by atoms with Crippen molar-refractivity contribution in [3.05, 3.63) is 209 Å². The van der Waals surface area contributed by atoms with Gasteiger partial charge in [-0.15, -0.1) is 0 Å². The summed E-state index contributed by atoms with van der Waals surface area (Å²) in [7, 11) is 0. The average Bonchev–Trinajstić information content (AvgIpc) is 3.50. The van der Waals surface area contributed by atoms with E-state index < -0.39 is 5.41 Å². The molecule has 0 spiro atoms. The molecule has 0 bridgehead atoms. The molecule has 7 aromatic rings. The van der Waals surface area contributed by atoms with Gasteiger partial charge < -0.3 is 4.90 Å². The summed E-state index contributed by atoms with van der Waals surface area (Å²) in [6.45, 7) is 16.6. The lowest BCUT2D eigenvalue weighted by atomic mass is 9.63. The number of nitrogens with zero attached hydrogens (tertiary/aromatic N) is 1. The van der Waals surface area contributed by atoms with Crippen LogP contribution in [0.4, 0.5) is 17.1 Å². The number of hydrogen-bond donors (Lipinski definition) is 0. The van der Waals surface area contributed by atoms with Gasteiger partial charge in [0.15, 0.2) is 0 Å². The van der Waals surface area contributed by atoms with Gasteiger partial charge in [0.05, 0.1) is 11.1 Å². The molecule has 1 heteroatoms. The molecular weight excluding hydrogens is 675 g/mol. The van der Waals surface area contributed by atoms with Crippen molar-refractivity contribution < 1.29 is 0 Å². The Morgan fingerprint density at radius 3 is 1.57 bits per heavy atom. The van der Waals surface area contributed by atoms with E-state index in [-0.39, 0.29) is 16.2 Å². The number of hydrogen-bond acceptors (Lipinski definition) is 1. The molecule has 278 valence electrons. The van der Waals surface area contributed by atoms with Crippen LogP contribution in [0.3, 0.4) is 0 Å². The van der Waals surface area contributed by atoms with E-state index in [9.17, 15) is 0 Å². The van der Waals surface area contributed by atoms with Gasteiger partial charge in [0, 0.05) is 16.9 Å². The van der Waals surface area contributed by atoms with Gasteiger partial charge in [-0.1, -0.05) is 182 Å². The Balaban J connectivity index is 1.41. The molecule has 0 N–H and O–H groups in total. The molecule has 0 fully saturated rings. The third-order valence-electron chi connectivity index (χ3n) is 13.0. The van der Waals surface area contributed by atoms with Crippen molar-refractivity contribution in [1.29, 1.82) is 0 Å². The van der Waals surface area contributed by atoms with Crippen LogP contribution in [-0.4, -0.2) is 0 Å². The van der Waals surface area contributed by atoms with E-state index in [0.29, 0.717) is 0 Å². The van der Waals surface area contributed by atoms with Crippen molar-refractivity contribution in [2.45, 2.75) is 83.0 Å². The Morgan fingerprint density at radius 1 is 0.429 bits per heavy atom. The first-order valence-corrected chi connectivity index (χ1v) is 20.4. The van der Waals surface area contributed by atoms with E-state index in [4.69, 9.17) is 0 Å². The van der Waals surface area contributed by atoms with E-state index in [0.717, 1.165) is 11.4 Å². The Morgan fingerprint density at radius 2 is 0.964 bits per heavy atom. The predicted molar refractivity (Wildman–Crippen MR) is 238 cm³/mol. The number of benzene rings is 7. The number of anilines is 3. The summed E-state index contributed by atoms with van der Waals surface area (Å²) in [5.41, 5.74) is 17.8. The molecule has 0 aromatic heterocycles. The Labute approximate surface area is 334 Å². The monoisotopic (exact) mass is 727 g/mol. The van der Waals surface area contributed by atoms with Crippen LogP contribution in [-0.2, 0) is 21.7 Å². The minimum absolute atomic E-state index is 0.0509. The molecule has 7 aromatic carbocycles. The highest BCUT2D eigenvalue weighted by atomic mass is 15.1.